The third kappa shape index (κ3) is 2.97. The molecule has 0 aliphatic carbocycles. The van der Waals surface area contributed by atoms with Crippen molar-refractivity contribution in [3.63, 3.8) is 0 Å². The smallest absolute Gasteiger partial charge is 0.243 e. The van der Waals surface area contributed by atoms with Gasteiger partial charge in [-0.05, 0) is 32.6 Å². The quantitative estimate of drug-likeness (QED) is 0.743. The Labute approximate surface area is 103 Å². The zero-order valence-electron chi connectivity index (χ0n) is 11.0. The molecule has 5 heteroatoms. The van der Waals surface area contributed by atoms with Gasteiger partial charge in [0.2, 0.25) is 11.8 Å². The molecule has 5 nitrogen and oxygen atoms in total. The SMILES string of the molecule is CCC(C)(N)C(=O)N1CCCCC1C(=O)NC. The van der Waals surface area contributed by atoms with Crippen LogP contribution in [-0.4, -0.2) is 41.9 Å². The molecule has 2 amide bonds. The maximum atomic E-state index is 12.3. The fraction of sp³-hybridized carbons (Fsp3) is 0.833. The number of likely N-dealkylation sites (tertiary alicyclic amines) is 1. The highest BCUT2D eigenvalue weighted by Gasteiger charge is 2.38. The lowest BCUT2D eigenvalue weighted by Gasteiger charge is -2.38. The molecule has 0 aromatic heterocycles. The largest absolute Gasteiger partial charge is 0.357 e. The summed E-state index contributed by atoms with van der Waals surface area (Å²) in [5.41, 5.74) is 5.10. The van der Waals surface area contributed by atoms with Gasteiger partial charge in [0.05, 0.1) is 5.54 Å². The van der Waals surface area contributed by atoms with Gasteiger partial charge in [-0.15, -0.1) is 0 Å². The first kappa shape index (κ1) is 14.0. The van der Waals surface area contributed by atoms with Gasteiger partial charge in [0.1, 0.15) is 6.04 Å². The second-order valence-electron chi connectivity index (χ2n) is 4.90. The molecule has 3 N–H and O–H groups in total. The summed E-state index contributed by atoms with van der Waals surface area (Å²) >= 11 is 0. The second-order valence-corrected chi connectivity index (χ2v) is 4.90. The van der Waals surface area contributed by atoms with Crippen molar-refractivity contribution in [1.29, 1.82) is 0 Å². The molecule has 1 rings (SSSR count). The highest BCUT2D eigenvalue weighted by molar-refractivity contribution is 5.91. The molecule has 2 atom stereocenters. The van der Waals surface area contributed by atoms with Crippen LogP contribution in [0.2, 0.25) is 0 Å². The van der Waals surface area contributed by atoms with E-state index in [9.17, 15) is 9.59 Å². The summed E-state index contributed by atoms with van der Waals surface area (Å²) in [6.45, 7) is 4.24. The van der Waals surface area contributed by atoms with Crippen LogP contribution in [0.4, 0.5) is 0 Å². The van der Waals surface area contributed by atoms with Crippen molar-refractivity contribution in [2.45, 2.75) is 51.1 Å². The summed E-state index contributed by atoms with van der Waals surface area (Å²) in [7, 11) is 1.60. The number of nitrogens with zero attached hydrogens (tertiary/aromatic N) is 1. The van der Waals surface area contributed by atoms with E-state index in [1.807, 2.05) is 6.92 Å². The van der Waals surface area contributed by atoms with Crippen LogP contribution in [0.3, 0.4) is 0 Å². The highest BCUT2D eigenvalue weighted by atomic mass is 16.2. The summed E-state index contributed by atoms with van der Waals surface area (Å²) in [6, 6.07) is -0.351. The molecule has 0 aromatic carbocycles. The van der Waals surface area contributed by atoms with Crippen LogP contribution < -0.4 is 11.1 Å². The fourth-order valence-corrected chi connectivity index (χ4v) is 2.09. The van der Waals surface area contributed by atoms with E-state index in [0.29, 0.717) is 13.0 Å². The van der Waals surface area contributed by atoms with E-state index in [1.165, 1.54) is 0 Å². The predicted molar refractivity (Wildman–Crippen MR) is 66.3 cm³/mol. The highest BCUT2D eigenvalue weighted by Crippen LogP contribution is 2.21. The topological polar surface area (TPSA) is 75.4 Å². The molecule has 2 unspecified atom stereocenters. The Balaban J connectivity index is 2.85. The Morgan fingerprint density at radius 3 is 2.65 bits per heavy atom. The molecule has 1 aliphatic heterocycles. The summed E-state index contributed by atoms with van der Waals surface area (Å²) in [5.74, 6) is -0.210. The molecular weight excluding hydrogens is 218 g/mol. The first-order valence-electron chi connectivity index (χ1n) is 6.25. The molecule has 1 heterocycles. The maximum Gasteiger partial charge on any atom is 0.243 e. The molecule has 98 valence electrons. The van der Waals surface area contributed by atoms with E-state index in [4.69, 9.17) is 5.73 Å². The Morgan fingerprint density at radius 1 is 1.47 bits per heavy atom. The molecular formula is C12H23N3O2. The minimum absolute atomic E-state index is 0.0926. The zero-order chi connectivity index (χ0) is 13.1. The Morgan fingerprint density at radius 2 is 2.12 bits per heavy atom. The number of amides is 2. The van der Waals surface area contributed by atoms with Crippen LogP contribution in [0.5, 0.6) is 0 Å². The monoisotopic (exact) mass is 241 g/mol. The number of hydrogen-bond acceptors (Lipinski definition) is 3. The summed E-state index contributed by atoms with van der Waals surface area (Å²) in [4.78, 5) is 25.7. The first-order valence-corrected chi connectivity index (χ1v) is 6.25. The number of hydrogen-bond donors (Lipinski definition) is 2. The average molecular weight is 241 g/mol. The average Bonchev–Trinajstić information content (AvgIpc) is 2.36. The van der Waals surface area contributed by atoms with Crippen molar-refractivity contribution in [3.05, 3.63) is 0 Å². The van der Waals surface area contributed by atoms with Crippen LogP contribution in [0.25, 0.3) is 0 Å². The van der Waals surface area contributed by atoms with Crippen molar-refractivity contribution < 1.29 is 9.59 Å². The van der Waals surface area contributed by atoms with Crippen LogP contribution in [0.15, 0.2) is 0 Å². The van der Waals surface area contributed by atoms with Crippen molar-refractivity contribution in [2.75, 3.05) is 13.6 Å². The fourth-order valence-electron chi connectivity index (χ4n) is 2.09. The Bertz CT molecular complexity index is 302. The lowest BCUT2D eigenvalue weighted by atomic mass is 9.94. The van der Waals surface area contributed by atoms with E-state index in [2.05, 4.69) is 5.32 Å². The van der Waals surface area contributed by atoms with Crippen molar-refractivity contribution >= 4 is 11.8 Å². The normalized spacial score (nSPS) is 24.0. The minimum Gasteiger partial charge on any atom is -0.357 e. The molecule has 0 bridgehead atoms. The lowest BCUT2D eigenvalue weighted by molar-refractivity contribution is -0.146. The van der Waals surface area contributed by atoms with Gasteiger partial charge in [-0.2, -0.15) is 0 Å². The summed E-state index contributed by atoms with van der Waals surface area (Å²) < 4.78 is 0. The predicted octanol–water partition coefficient (Wildman–Crippen LogP) is 0.241. The molecule has 0 saturated carbocycles. The van der Waals surface area contributed by atoms with Gasteiger partial charge in [-0.3, -0.25) is 9.59 Å². The van der Waals surface area contributed by atoms with E-state index < -0.39 is 5.54 Å². The number of likely N-dealkylation sites (N-methyl/N-ethyl adjacent to an activating group) is 1. The third-order valence-corrected chi connectivity index (χ3v) is 3.54. The van der Waals surface area contributed by atoms with E-state index in [0.717, 1.165) is 19.3 Å². The molecule has 0 spiro atoms. The molecule has 1 aliphatic rings. The molecule has 17 heavy (non-hydrogen) atoms. The molecule has 0 aromatic rings. The van der Waals surface area contributed by atoms with Crippen LogP contribution in [-0.2, 0) is 9.59 Å². The standard InChI is InChI=1S/C12H23N3O2/c1-4-12(2,13)11(17)15-8-6-5-7-9(15)10(16)14-3/h9H,4-8,13H2,1-3H3,(H,14,16). The summed E-state index contributed by atoms with van der Waals surface area (Å²) in [6.07, 6.45) is 3.22. The molecule has 1 fully saturated rings. The number of piperidine rings is 1. The Hall–Kier alpha value is -1.10. The second kappa shape index (κ2) is 5.49. The van der Waals surface area contributed by atoms with E-state index in [1.54, 1.807) is 18.9 Å². The van der Waals surface area contributed by atoms with Crippen molar-refractivity contribution in [1.82, 2.24) is 10.2 Å². The van der Waals surface area contributed by atoms with Crippen LogP contribution in [0.1, 0.15) is 39.5 Å². The number of carbonyl (C=O) groups excluding carboxylic acids is 2. The zero-order valence-corrected chi connectivity index (χ0v) is 11.0. The maximum absolute atomic E-state index is 12.3. The summed E-state index contributed by atoms with van der Waals surface area (Å²) in [5, 5.41) is 2.62. The van der Waals surface area contributed by atoms with Gasteiger partial charge in [0.25, 0.3) is 0 Å². The third-order valence-electron chi connectivity index (χ3n) is 3.54. The molecule has 0 radical (unpaired) electrons. The van der Waals surface area contributed by atoms with Crippen LogP contribution >= 0.6 is 0 Å². The van der Waals surface area contributed by atoms with Gasteiger partial charge in [-0.25, -0.2) is 0 Å². The number of rotatable bonds is 3. The minimum atomic E-state index is -0.871. The number of nitrogens with two attached hydrogens (primary N) is 1. The van der Waals surface area contributed by atoms with Gasteiger partial charge in [0.15, 0.2) is 0 Å². The van der Waals surface area contributed by atoms with Crippen molar-refractivity contribution in [2.24, 2.45) is 5.73 Å². The first-order chi connectivity index (χ1) is 7.94. The van der Waals surface area contributed by atoms with Gasteiger partial charge < -0.3 is 16.0 Å². The van der Waals surface area contributed by atoms with Crippen LogP contribution in [0, 0.1) is 0 Å². The van der Waals surface area contributed by atoms with Crippen molar-refractivity contribution in [3.8, 4) is 0 Å². The number of nitrogens with one attached hydrogen (secondary N) is 1. The lowest BCUT2D eigenvalue weighted by Crippen LogP contribution is -2.60. The number of carbonyl (C=O) groups is 2. The van der Waals surface area contributed by atoms with E-state index >= 15 is 0 Å². The Kier molecular flexibility index (Phi) is 4.51. The molecule has 1 saturated heterocycles. The van der Waals surface area contributed by atoms with Gasteiger partial charge in [-0.1, -0.05) is 6.92 Å². The van der Waals surface area contributed by atoms with Gasteiger partial charge >= 0.3 is 0 Å². The van der Waals surface area contributed by atoms with E-state index in [-0.39, 0.29) is 17.9 Å². The van der Waals surface area contributed by atoms with Gasteiger partial charge in [0, 0.05) is 13.6 Å².